The van der Waals surface area contributed by atoms with Gasteiger partial charge in [0, 0.05) is 12.1 Å². The molecule has 1 N–H and O–H groups in total. The van der Waals surface area contributed by atoms with Crippen LogP contribution in [0.2, 0.25) is 0 Å². The van der Waals surface area contributed by atoms with Crippen molar-refractivity contribution in [3.05, 3.63) is 29.8 Å². The molecule has 1 amide bonds. The van der Waals surface area contributed by atoms with Crippen LogP contribution in [0.25, 0.3) is 6.08 Å². The number of nitrogens with one attached hydrogen (secondary N) is 1. The number of rotatable bonds is 5. The van der Waals surface area contributed by atoms with E-state index in [9.17, 15) is 9.59 Å². The molecule has 146 valence electrons. The fourth-order valence-corrected chi connectivity index (χ4v) is 3.34. The third kappa shape index (κ3) is 5.74. The molecule has 2 aliphatic rings. The maximum absolute atomic E-state index is 12.3. The molecule has 0 unspecified atom stereocenters. The Morgan fingerprint density at radius 1 is 1.11 bits per heavy atom. The summed E-state index contributed by atoms with van der Waals surface area (Å²) < 4.78 is 16.2. The van der Waals surface area contributed by atoms with Gasteiger partial charge >= 0.3 is 5.97 Å². The lowest BCUT2D eigenvalue weighted by atomic mass is 10.1. The van der Waals surface area contributed by atoms with Gasteiger partial charge in [0.25, 0.3) is 5.91 Å². The Kier molecular flexibility index (Phi) is 6.74. The van der Waals surface area contributed by atoms with Crippen molar-refractivity contribution in [1.29, 1.82) is 0 Å². The topological polar surface area (TPSA) is 73.9 Å². The largest absolute Gasteiger partial charge is 0.486 e. The Bertz CT molecular complexity index is 692. The minimum Gasteiger partial charge on any atom is -0.486 e. The van der Waals surface area contributed by atoms with Crippen molar-refractivity contribution in [3.63, 3.8) is 0 Å². The fourth-order valence-electron chi connectivity index (χ4n) is 3.34. The lowest BCUT2D eigenvalue weighted by Crippen LogP contribution is -2.41. The average Bonchev–Trinajstić information content (AvgIpc) is 2.94. The second kappa shape index (κ2) is 9.44. The van der Waals surface area contributed by atoms with E-state index in [1.165, 1.54) is 18.9 Å². The summed E-state index contributed by atoms with van der Waals surface area (Å²) >= 11 is 0. The van der Waals surface area contributed by atoms with Gasteiger partial charge in [0.1, 0.15) is 13.2 Å². The third-order valence-corrected chi connectivity index (χ3v) is 4.84. The molecule has 0 aromatic heterocycles. The highest BCUT2D eigenvalue weighted by Crippen LogP contribution is 2.31. The molecule has 0 spiro atoms. The van der Waals surface area contributed by atoms with Crippen molar-refractivity contribution in [1.82, 2.24) is 5.32 Å². The molecule has 0 saturated heterocycles. The molecule has 1 aromatic rings. The van der Waals surface area contributed by atoms with Gasteiger partial charge in [0.15, 0.2) is 17.6 Å². The number of amides is 1. The zero-order valence-electron chi connectivity index (χ0n) is 15.7. The van der Waals surface area contributed by atoms with Crippen LogP contribution in [0.1, 0.15) is 51.0 Å². The van der Waals surface area contributed by atoms with Gasteiger partial charge in [0.05, 0.1) is 0 Å². The predicted octanol–water partition coefficient (Wildman–Crippen LogP) is 3.24. The van der Waals surface area contributed by atoms with Crippen molar-refractivity contribution in [2.24, 2.45) is 0 Å². The first kappa shape index (κ1) is 19.3. The van der Waals surface area contributed by atoms with E-state index in [4.69, 9.17) is 14.2 Å². The molecular weight excluding hydrogens is 346 g/mol. The SMILES string of the molecule is C[C@@H](OC(=O)/C=C/c1ccc2c(c1)OCCO2)C(=O)NC1CCCCCC1. The van der Waals surface area contributed by atoms with Gasteiger partial charge < -0.3 is 19.5 Å². The fraction of sp³-hybridized carbons (Fsp3) is 0.524. The summed E-state index contributed by atoms with van der Waals surface area (Å²) in [6.45, 7) is 2.65. The molecule has 1 aliphatic heterocycles. The van der Waals surface area contributed by atoms with Crippen LogP contribution in [0.15, 0.2) is 24.3 Å². The standard InChI is InChI=1S/C21H27NO5/c1-15(21(24)22-17-6-4-2-3-5-7-17)27-20(23)11-9-16-8-10-18-19(14-16)26-13-12-25-18/h8-11,14-15,17H,2-7,12-13H2,1H3,(H,22,24)/b11-9+/t15-/m1/s1. The number of hydrogen-bond donors (Lipinski definition) is 1. The summed E-state index contributed by atoms with van der Waals surface area (Å²) in [5.74, 6) is 0.578. The van der Waals surface area contributed by atoms with Crippen LogP contribution in [0.5, 0.6) is 11.5 Å². The van der Waals surface area contributed by atoms with E-state index in [1.54, 1.807) is 19.1 Å². The maximum Gasteiger partial charge on any atom is 0.331 e. The first-order chi connectivity index (χ1) is 13.1. The van der Waals surface area contributed by atoms with Crippen molar-refractivity contribution in [3.8, 4) is 11.5 Å². The summed E-state index contributed by atoms with van der Waals surface area (Å²) in [4.78, 5) is 24.3. The molecule has 3 rings (SSSR count). The Hall–Kier alpha value is -2.50. The Balaban J connectivity index is 1.49. The molecule has 6 nitrogen and oxygen atoms in total. The van der Waals surface area contributed by atoms with E-state index in [0.29, 0.717) is 24.7 Å². The van der Waals surface area contributed by atoms with Crippen LogP contribution < -0.4 is 14.8 Å². The van der Waals surface area contributed by atoms with Crippen LogP contribution in [-0.2, 0) is 14.3 Å². The summed E-state index contributed by atoms with van der Waals surface area (Å²) in [6.07, 6.45) is 8.85. The molecule has 27 heavy (non-hydrogen) atoms. The van der Waals surface area contributed by atoms with E-state index in [1.807, 2.05) is 12.1 Å². The summed E-state index contributed by atoms with van der Waals surface area (Å²) in [5, 5.41) is 3.00. The lowest BCUT2D eigenvalue weighted by molar-refractivity contribution is -0.150. The van der Waals surface area contributed by atoms with E-state index >= 15 is 0 Å². The second-order valence-electron chi connectivity index (χ2n) is 7.01. The Morgan fingerprint density at radius 2 is 1.81 bits per heavy atom. The Labute approximate surface area is 159 Å². The monoisotopic (exact) mass is 373 g/mol. The average molecular weight is 373 g/mol. The molecule has 1 aromatic carbocycles. The minimum absolute atomic E-state index is 0.189. The third-order valence-electron chi connectivity index (χ3n) is 4.84. The number of benzene rings is 1. The molecule has 1 aliphatic carbocycles. The maximum atomic E-state index is 12.3. The van der Waals surface area contributed by atoms with E-state index < -0.39 is 12.1 Å². The predicted molar refractivity (Wildman–Crippen MR) is 102 cm³/mol. The van der Waals surface area contributed by atoms with Gasteiger partial charge in [-0.3, -0.25) is 4.79 Å². The van der Waals surface area contributed by atoms with E-state index in [0.717, 1.165) is 31.2 Å². The second-order valence-corrected chi connectivity index (χ2v) is 7.01. The van der Waals surface area contributed by atoms with Gasteiger partial charge in [-0.05, 0) is 43.5 Å². The van der Waals surface area contributed by atoms with Gasteiger partial charge in [0.2, 0.25) is 0 Å². The molecule has 1 heterocycles. The van der Waals surface area contributed by atoms with Crippen LogP contribution >= 0.6 is 0 Å². The number of carbonyl (C=O) groups excluding carboxylic acids is 2. The van der Waals surface area contributed by atoms with Crippen molar-refractivity contribution in [2.45, 2.75) is 57.6 Å². The van der Waals surface area contributed by atoms with Crippen molar-refractivity contribution in [2.75, 3.05) is 13.2 Å². The zero-order valence-corrected chi connectivity index (χ0v) is 15.7. The van der Waals surface area contributed by atoms with Gasteiger partial charge in [-0.1, -0.05) is 31.7 Å². The normalized spacial score (nSPS) is 18.6. The quantitative estimate of drug-likeness (QED) is 0.487. The van der Waals surface area contributed by atoms with Crippen molar-refractivity contribution >= 4 is 18.0 Å². The van der Waals surface area contributed by atoms with Gasteiger partial charge in [-0.2, -0.15) is 0 Å². The molecule has 0 bridgehead atoms. The highest BCUT2D eigenvalue weighted by Gasteiger charge is 2.21. The van der Waals surface area contributed by atoms with Crippen LogP contribution in [0, 0.1) is 0 Å². The van der Waals surface area contributed by atoms with Gasteiger partial charge in [-0.15, -0.1) is 0 Å². The first-order valence-electron chi connectivity index (χ1n) is 9.70. The number of fused-ring (bicyclic) bond motifs is 1. The molecule has 6 heteroatoms. The number of ether oxygens (including phenoxy) is 3. The zero-order chi connectivity index (χ0) is 19.1. The molecule has 1 fully saturated rings. The van der Waals surface area contributed by atoms with Gasteiger partial charge in [-0.25, -0.2) is 4.79 Å². The number of esters is 1. The molecule has 1 saturated carbocycles. The van der Waals surface area contributed by atoms with Crippen molar-refractivity contribution < 1.29 is 23.8 Å². The summed E-state index contributed by atoms with van der Waals surface area (Å²) in [7, 11) is 0. The first-order valence-corrected chi connectivity index (χ1v) is 9.70. The minimum atomic E-state index is -0.814. The lowest BCUT2D eigenvalue weighted by Gasteiger charge is -2.19. The molecule has 0 radical (unpaired) electrons. The van der Waals surface area contributed by atoms with E-state index in [-0.39, 0.29) is 11.9 Å². The highest BCUT2D eigenvalue weighted by molar-refractivity contribution is 5.90. The summed E-state index contributed by atoms with van der Waals surface area (Å²) in [5.41, 5.74) is 0.798. The van der Waals surface area contributed by atoms with E-state index in [2.05, 4.69) is 5.32 Å². The van der Waals surface area contributed by atoms with Crippen LogP contribution in [0.4, 0.5) is 0 Å². The smallest absolute Gasteiger partial charge is 0.331 e. The Morgan fingerprint density at radius 3 is 2.56 bits per heavy atom. The highest BCUT2D eigenvalue weighted by atomic mass is 16.6. The van der Waals surface area contributed by atoms with Crippen LogP contribution in [0.3, 0.4) is 0 Å². The molecular formula is C21H27NO5. The number of hydrogen-bond acceptors (Lipinski definition) is 5. The summed E-state index contributed by atoms with van der Waals surface area (Å²) in [6, 6.07) is 5.64. The number of carbonyl (C=O) groups is 2. The van der Waals surface area contributed by atoms with Crippen LogP contribution in [-0.4, -0.2) is 37.2 Å². The molecule has 1 atom stereocenters.